The zero-order valence-corrected chi connectivity index (χ0v) is 19.2. The number of nitrogens with one attached hydrogen (secondary N) is 2. The molecule has 9 heteroatoms. The second-order valence-electron chi connectivity index (χ2n) is 8.55. The van der Waals surface area contributed by atoms with Gasteiger partial charge in [-0.2, -0.15) is 9.97 Å². The van der Waals surface area contributed by atoms with Crippen LogP contribution in [0.5, 0.6) is 0 Å². The highest BCUT2D eigenvalue weighted by molar-refractivity contribution is 5.66. The fraction of sp³-hybridized carbons (Fsp3) is 0.333. The van der Waals surface area contributed by atoms with E-state index in [1.807, 2.05) is 53.3 Å². The SMILES string of the molecule is CCc1ccnc(Nc2nc(Nc3ccn4ccnc4c3)cc(N3CCC(N(C)C)C3)n2)c1. The van der Waals surface area contributed by atoms with Crippen molar-refractivity contribution in [1.29, 1.82) is 0 Å². The van der Waals surface area contributed by atoms with Crippen molar-refractivity contribution < 1.29 is 0 Å². The minimum absolute atomic E-state index is 0.513. The summed E-state index contributed by atoms with van der Waals surface area (Å²) in [6.45, 7) is 4.03. The van der Waals surface area contributed by atoms with Gasteiger partial charge in [0.2, 0.25) is 5.95 Å². The summed E-state index contributed by atoms with van der Waals surface area (Å²) in [4.78, 5) is 23.0. The van der Waals surface area contributed by atoms with Gasteiger partial charge >= 0.3 is 0 Å². The van der Waals surface area contributed by atoms with Gasteiger partial charge in [-0.1, -0.05) is 6.92 Å². The first-order valence-electron chi connectivity index (χ1n) is 11.3. The summed E-state index contributed by atoms with van der Waals surface area (Å²) in [7, 11) is 4.26. The number of hydrogen-bond donors (Lipinski definition) is 2. The van der Waals surface area contributed by atoms with E-state index < -0.39 is 0 Å². The Morgan fingerprint density at radius 3 is 2.73 bits per heavy atom. The molecule has 0 aliphatic carbocycles. The van der Waals surface area contributed by atoms with Gasteiger partial charge < -0.3 is 24.8 Å². The average Bonchev–Trinajstić information content (AvgIpc) is 3.49. The summed E-state index contributed by atoms with van der Waals surface area (Å²) in [5.74, 6) is 2.88. The van der Waals surface area contributed by atoms with E-state index in [-0.39, 0.29) is 0 Å². The first kappa shape index (κ1) is 21.1. The van der Waals surface area contributed by atoms with Gasteiger partial charge in [-0.05, 0) is 50.7 Å². The maximum Gasteiger partial charge on any atom is 0.232 e. The van der Waals surface area contributed by atoms with E-state index in [1.165, 1.54) is 5.56 Å². The summed E-state index contributed by atoms with van der Waals surface area (Å²) < 4.78 is 1.97. The summed E-state index contributed by atoms with van der Waals surface area (Å²) in [5.41, 5.74) is 3.01. The number of rotatable bonds is 7. The van der Waals surface area contributed by atoms with E-state index in [2.05, 4.69) is 51.4 Å². The molecule has 1 saturated heterocycles. The highest BCUT2D eigenvalue weighted by Gasteiger charge is 2.25. The molecule has 33 heavy (non-hydrogen) atoms. The van der Waals surface area contributed by atoms with Crippen LogP contribution < -0.4 is 15.5 Å². The van der Waals surface area contributed by atoms with Crippen molar-refractivity contribution in [2.45, 2.75) is 25.8 Å². The summed E-state index contributed by atoms with van der Waals surface area (Å²) >= 11 is 0. The molecule has 5 heterocycles. The fourth-order valence-corrected chi connectivity index (χ4v) is 4.10. The Hall–Kier alpha value is -3.72. The summed E-state index contributed by atoms with van der Waals surface area (Å²) in [6.07, 6.45) is 9.56. The lowest BCUT2D eigenvalue weighted by Gasteiger charge is -2.22. The van der Waals surface area contributed by atoms with Crippen molar-refractivity contribution >= 4 is 34.7 Å². The Morgan fingerprint density at radius 1 is 1.00 bits per heavy atom. The van der Waals surface area contributed by atoms with Gasteiger partial charge in [-0.25, -0.2) is 9.97 Å². The van der Waals surface area contributed by atoms with Crippen LogP contribution in [0.15, 0.2) is 55.1 Å². The Bertz CT molecular complexity index is 1250. The Kier molecular flexibility index (Phi) is 5.78. The minimum Gasteiger partial charge on any atom is -0.355 e. The predicted octanol–water partition coefficient (Wildman–Crippen LogP) is 3.71. The first-order valence-corrected chi connectivity index (χ1v) is 11.3. The Morgan fingerprint density at radius 2 is 1.91 bits per heavy atom. The van der Waals surface area contributed by atoms with Crippen LogP contribution in [-0.4, -0.2) is 62.5 Å². The van der Waals surface area contributed by atoms with Crippen LogP contribution in [0.25, 0.3) is 5.65 Å². The molecule has 2 N–H and O–H groups in total. The topological polar surface area (TPSA) is 86.5 Å². The van der Waals surface area contributed by atoms with Crippen LogP contribution in [0.2, 0.25) is 0 Å². The van der Waals surface area contributed by atoms with E-state index in [4.69, 9.17) is 9.97 Å². The van der Waals surface area contributed by atoms with E-state index >= 15 is 0 Å². The van der Waals surface area contributed by atoms with Crippen molar-refractivity contribution in [2.24, 2.45) is 0 Å². The van der Waals surface area contributed by atoms with Crippen molar-refractivity contribution in [3.05, 3.63) is 60.7 Å². The third-order valence-corrected chi connectivity index (χ3v) is 6.07. The number of anilines is 5. The van der Waals surface area contributed by atoms with Gasteiger partial charge in [0.25, 0.3) is 0 Å². The Balaban J connectivity index is 1.46. The van der Waals surface area contributed by atoms with Crippen molar-refractivity contribution in [2.75, 3.05) is 42.7 Å². The number of aromatic nitrogens is 5. The molecule has 9 nitrogen and oxygen atoms in total. The smallest absolute Gasteiger partial charge is 0.232 e. The van der Waals surface area contributed by atoms with Crippen LogP contribution in [0, 0.1) is 0 Å². The molecule has 0 aromatic carbocycles. The maximum atomic E-state index is 4.83. The molecule has 4 aromatic heterocycles. The Labute approximate surface area is 193 Å². The van der Waals surface area contributed by atoms with E-state index in [9.17, 15) is 0 Å². The molecule has 5 rings (SSSR count). The third kappa shape index (κ3) is 4.73. The van der Waals surface area contributed by atoms with Gasteiger partial charge in [0, 0.05) is 61.7 Å². The molecular weight excluding hydrogens is 414 g/mol. The normalized spacial score (nSPS) is 16.0. The lowest BCUT2D eigenvalue weighted by atomic mass is 10.2. The molecule has 170 valence electrons. The van der Waals surface area contributed by atoms with Crippen LogP contribution in [0.3, 0.4) is 0 Å². The van der Waals surface area contributed by atoms with E-state index in [0.717, 1.165) is 54.7 Å². The number of imidazole rings is 1. The molecule has 0 radical (unpaired) electrons. The van der Waals surface area contributed by atoms with Crippen molar-refractivity contribution in [3.63, 3.8) is 0 Å². The second kappa shape index (κ2) is 9.03. The lowest BCUT2D eigenvalue weighted by molar-refractivity contribution is 0.315. The molecule has 0 spiro atoms. The van der Waals surface area contributed by atoms with Crippen LogP contribution in [0.1, 0.15) is 18.9 Å². The standard InChI is InChI=1S/C24H29N9/c1-4-17-5-8-25-20(13-17)28-24-29-21(27-18-6-10-32-12-9-26-22(32)14-18)15-23(30-24)33-11-7-19(16-33)31(2)3/h5-6,8-10,12-15,19H,4,7,11,16H2,1-3H3,(H2,25,27,28,29,30). The molecule has 0 saturated carbocycles. The van der Waals surface area contributed by atoms with Crippen LogP contribution >= 0.6 is 0 Å². The molecule has 1 aliphatic heterocycles. The number of fused-ring (bicyclic) bond motifs is 1. The van der Waals surface area contributed by atoms with E-state index in [0.29, 0.717) is 12.0 Å². The second-order valence-corrected chi connectivity index (χ2v) is 8.55. The van der Waals surface area contributed by atoms with Gasteiger partial charge in [-0.3, -0.25) is 0 Å². The largest absolute Gasteiger partial charge is 0.355 e. The molecule has 0 amide bonds. The number of aryl methyl sites for hydroxylation is 1. The minimum atomic E-state index is 0.513. The van der Waals surface area contributed by atoms with E-state index in [1.54, 1.807) is 6.20 Å². The monoisotopic (exact) mass is 443 g/mol. The quantitative estimate of drug-likeness (QED) is 0.447. The summed E-state index contributed by atoms with van der Waals surface area (Å²) in [6, 6.07) is 10.6. The highest BCUT2D eigenvalue weighted by Crippen LogP contribution is 2.27. The van der Waals surface area contributed by atoms with Crippen LogP contribution in [0.4, 0.5) is 29.1 Å². The lowest BCUT2D eigenvalue weighted by Crippen LogP contribution is -2.31. The van der Waals surface area contributed by atoms with Gasteiger partial charge in [-0.15, -0.1) is 0 Å². The average molecular weight is 444 g/mol. The maximum absolute atomic E-state index is 4.83. The molecule has 0 bridgehead atoms. The molecular formula is C24H29N9. The number of pyridine rings is 2. The highest BCUT2D eigenvalue weighted by atomic mass is 15.3. The number of hydrogen-bond acceptors (Lipinski definition) is 8. The predicted molar refractivity (Wildman–Crippen MR) is 132 cm³/mol. The molecule has 1 atom stereocenters. The fourth-order valence-electron chi connectivity index (χ4n) is 4.10. The number of nitrogens with zero attached hydrogens (tertiary/aromatic N) is 7. The van der Waals surface area contributed by atoms with Gasteiger partial charge in [0.05, 0.1) is 0 Å². The first-order chi connectivity index (χ1) is 16.1. The molecule has 1 unspecified atom stereocenters. The zero-order chi connectivity index (χ0) is 22.8. The van der Waals surface area contributed by atoms with Crippen molar-refractivity contribution in [3.8, 4) is 0 Å². The zero-order valence-electron chi connectivity index (χ0n) is 19.2. The molecule has 4 aromatic rings. The molecule has 1 aliphatic rings. The van der Waals surface area contributed by atoms with Gasteiger partial charge in [0.15, 0.2) is 0 Å². The third-order valence-electron chi connectivity index (χ3n) is 6.07. The van der Waals surface area contributed by atoms with Crippen LogP contribution in [-0.2, 0) is 6.42 Å². The van der Waals surface area contributed by atoms with Gasteiger partial charge in [0.1, 0.15) is 23.1 Å². The van der Waals surface area contributed by atoms with Crippen molar-refractivity contribution in [1.82, 2.24) is 29.2 Å². The number of likely N-dealkylation sites (N-methyl/N-ethyl adjacent to an activating group) is 1. The summed E-state index contributed by atoms with van der Waals surface area (Å²) in [5, 5.41) is 6.73. The molecule has 1 fully saturated rings.